The van der Waals surface area contributed by atoms with E-state index >= 15 is 0 Å². The second-order valence-electron chi connectivity index (χ2n) is 7.35. The van der Waals surface area contributed by atoms with Gasteiger partial charge in [0.1, 0.15) is 5.82 Å². The van der Waals surface area contributed by atoms with E-state index in [1.807, 2.05) is 11.0 Å². The molecule has 2 aliphatic heterocycles. The van der Waals surface area contributed by atoms with Gasteiger partial charge in [-0.3, -0.25) is 9.69 Å². The molecule has 3 aliphatic rings. The summed E-state index contributed by atoms with van der Waals surface area (Å²) in [5, 5.41) is 0. The zero-order valence-electron chi connectivity index (χ0n) is 14.0. The van der Waals surface area contributed by atoms with E-state index in [-0.39, 0.29) is 17.7 Å². The van der Waals surface area contributed by atoms with Crippen molar-refractivity contribution >= 4 is 5.91 Å². The van der Waals surface area contributed by atoms with Gasteiger partial charge in [0.25, 0.3) is 0 Å². The van der Waals surface area contributed by atoms with E-state index in [0.29, 0.717) is 11.8 Å². The monoisotopic (exact) mass is 332 g/mol. The first-order valence-corrected chi connectivity index (χ1v) is 9.05. The Labute approximate surface area is 142 Å². The summed E-state index contributed by atoms with van der Waals surface area (Å²) in [5.41, 5.74) is 1.03. The molecule has 0 aromatic heterocycles. The average Bonchev–Trinajstić information content (AvgIpc) is 3.36. The zero-order valence-corrected chi connectivity index (χ0v) is 14.0. The molecule has 2 saturated heterocycles. The predicted molar refractivity (Wildman–Crippen MR) is 89.2 cm³/mol. The van der Waals surface area contributed by atoms with E-state index in [9.17, 15) is 9.18 Å². The number of carbonyl (C=O) groups excluding carboxylic acids is 1. The van der Waals surface area contributed by atoms with Crippen molar-refractivity contribution in [3.05, 3.63) is 35.6 Å². The van der Waals surface area contributed by atoms with Crippen LogP contribution < -0.4 is 0 Å². The van der Waals surface area contributed by atoms with Crippen LogP contribution >= 0.6 is 0 Å². The van der Waals surface area contributed by atoms with Crippen LogP contribution in [-0.4, -0.2) is 61.6 Å². The molecule has 1 aliphatic carbocycles. The quantitative estimate of drug-likeness (QED) is 0.847. The summed E-state index contributed by atoms with van der Waals surface area (Å²) in [4.78, 5) is 17.0. The topological polar surface area (TPSA) is 32.8 Å². The predicted octanol–water partition coefficient (Wildman–Crippen LogP) is 2.11. The van der Waals surface area contributed by atoms with E-state index in [0.717, 1.165) is 64.3 Å². The van der Waals surface area contributed by atoms with Gasteiger partial charge < -0.3 is 9.64 Å². The molecule has 2 heterocycles. The smallest absolute Gasteiger partial charge is 0.225 e. The largest absolute Gasteiger partial charge is 0.379 e. The molecule has 5 heteroatoms. The first kappa shape index (κ1) is 16.0. The third-order valence-electron chi connectivity index (χ3n) is 5.55. The van der Waals surface area contributed by atoms with Crippen molar-refractivity contribution in [1.29, 1.82) is 0 Å². The average molecular weight is 332 g/mol. The molecule has 2 atom stereocenters. The maximum atomic E-state index is 13.7. The molecule has 0 N–H and O–H groups in total. The number of rotatable bonds is 4. The van der Waals surface area contributed by atoms with E-state index in [2.05, 4.69) is 4.90 Å². The third kappa shape index (κ3) is 3.47. The number of nitrogens with zero attached hydrogens (tertiary/aromatic N) is 2. The number of likely N-dealkylation sites (tertiary alicyclic amines) is 1. The Kier molecular flexibility index (Phi) is 4.55. The van der Waals surface area contributed by atoms with E-state index in [1.54, 1.807) is 12.1 Å². The van der Waals surface area contributed by atoms with Crippen molar-refractivity contribution < 1.29 is 13.9 Å². The SMILES string of the molecule is O=C(C1CC1)N1CC(CN2CCOCC2)C(c2cccc(F)c2)C1. The van der Waals surface area contributed by atoms with Crippen molar-refractivity contribution in [3.8, 4) is 0 Å². The molecule has 3 fully saturated rings. The van der Waals surface area contributed by atoms with Crippen LogP contribution in [0.3, 0.4) is 0 Å². The van der Waals surface area contributed by atoms with Gasteiger partial charge in [0.05, 0.1) is 13.2 Å². The number of amides is 1. The minimum Gasteiger partial charge on any atom is -0.379 e. The fraction of sp³-hybridized carbons (Fsp3) is 0.632. The van der Waals surface area contributed by atoms with Gasteiger partial charge >= 0.3 is 0 Å². The lowest BCUT2D eigenvalue weighted by molar-refractivity contribution is -0.131. The van der Waals surface area contributed by atoms with Gasteiger partial charge in [0.15, 0.2) is 0 Å². The number of halogens is 1. The Morgan fingerprint density at radius 3 is 2.71 bits per heavy atom. The molecule has 24 heavy (non-hydrogen) atoms. The number of morpholine rings is 1. The van der Waals surface area contributed by atoms with Crippen LogP contribution in [0.15, 0.2) is 24.3 Å². The Morgan fingerprint density at radius 2 is 2.00 bits per heavy atom. The molecule has 4 rings (SSSR count). The molecule has 130 valence electrons. The summed E-state index contributed by atoms with van der Waals surface area (Å²) in [7, 11) is 0. The minimum atomic E-state index is -0.190. The molecule has 0 spiro atoms. The third-order valence-corrected chi connectivity index (χ3v) is 5.55. The van der Waals surface area contributed by atoms with Gasteiger partial charge in [-0.15, -0.1) is 0 Å². The van der Waals surface area contributed by atoms with Gasteiger partial charge in [-0.2, -0.15) is 0 Å². The van der Waals surface area contributed by atoms with E-state index in [1.165, 1.54) is 6.07 Å². The summed E-state index contributed by atoms with van der Waals surface area (Å²) in [6, 6.07) is 6.91. The highest BCUT2D eigenvalue weighted by molar-refractivity contribution is 5.81. The zero-order chi connectivity index (χ0) is 16.5. The van der Waals surface area contributed by atoms with Crippen LogP contribution in [0.2, 0.25) is 0 Å². The van der Waals surface area contributed by atoms with Crippen molar-refractivity contribution in [1.82, 2.24) is 9.80 Å². The first-order valence-electron chi connectivity index (χ1n) is 9.05. The van der Waals surface area contributed by atoms with Crippen LogP contribution in [0.5, 0.6) is 0 Å². The number of carbonyl (C=O) groups is 1. The lowest BCUT2D eigenvalue weighted by atomic mass is 9.88. The standard InChI is InChI=1S/C19H25FN2O2/c20-17-3-1-2-15(10-17)18-13-22(19(23)14-4-5-14)12-16(18)11-21-6-8-24-9-7-21/h1-3,10,14,16,18H,4-9,11-13H2. The van der Waals surface area contributed by atoms with Crippen LogP contribution in [0.4, 0.5) is 4.39 Å². The fourth-order valence-electron chi connectivity index (χ4n) is 4.05. The fourth-order valence-corrected chi connectivity index (χ4v) is 4.05. The van der Waals surface area contributed by atoms with E-state index < -0.39 is 0 Å². The van der Waals surface area contributed by atoms with Gasteiger partial charge in [-0.1, -0.05) is 12.1 Å². The second kappa shape index (κ2) is 6.81. The molecular formula is C19H25FN2O2. The van der Waals surface area contributed by atoms with Gasteiger partial charge in [0, 0.05) is 44.6 Å². The van der Waals surface area contributed by atoms with E-state index in [4.69, 9.17) is 4.74 Å². The lowest BCUT2D eigenvalue weighted by Crippen LogP contribution is -2.41. The summed E-state index contributed by atoms with van der Waals surface area (Å²) in [5.74, 6) is 0.963. The Balaban J connectivity index is 1.51. The van der Waals surface area contributed by atoms with Crippen LogP contribution in [0.25, 0.3) is 0 Å². The molecule has 4 nitrogen and oxygen atoms in total. The Morgan fingerprint density at radius 1 is 1.21 bits per heavy atom. The number of hydrogen-bond donors (Lipinski definition) is 0. The molecule has 2 unspecified atom stereocenters. The van der Waals surface area contributed by atoms with Crippen molar-refractivity contribution in [3.63, 3.8) is 0 Å². The molecule has 0 bridgehead atoms. The molecule has 1 amide bonds. The van der Waals surface area contributed by atoms with Crippen molar-refractivity contribution in [2.75, 3.05) is 45.9 Å². The van der Waals surface area contributed by atoms with Crippen LogP contribution in [0, 0.1) is 17.7 Å². The first-order chi connectivity index (χ1) is 11.7. The highest BCUT2D eigenvalue weighted by Gasteiger charge is 2.41. The van der Waals surface area contributed by atoms with Gasteiger partial charge in [0.2, 0.25) is 5.91 Å². The van der Waals surface area contributed by atoms with Crippen LogP contribution in [0.1, 0.15) is 24.3 Å². The van der Waals surface area contributed by atoms with Crippen molar-refractivity contribution in [2.45, 2.75) is 18.8 Å². The maximum absolute atomic E-state index is 13.7. The molecule has 0 radical (unpaired) electrons. The Hall–Kier alpha value is -1.46. The minimum absolute atomic E-state index is 0.190. The number of benzene rings is 1. The molecular weight excluding hydrogens is 307 g/mol. The Bertz CT molecular complexity index is 599. The summed E-state index contributed by atoms with van der Waals surface area (Å²) >= 11 is 0. The summed E-state index contributed by atoms with van der Waals surface area (Å²) < 4.78 is 19.1. The van der Waals surface area contributed by atoms with Gasteiger partial charge in [-0.05, 0) is 36.5 Å². The highest BCUT2D eigenvalue weighted by Crippen LogP contribution is 2.38. The molecule has 1 aromatic rings. The van der Waals surface area contributed by atoms with Crippen molar-refractivity contribution in [2.24, 2.45) is 11.8 Å². The van der Waals surface area contributed by atoms with Crippen LogP contribution in [-0.2, 0) is 9.53 Å². The molecule has 1 saturated carbocycles. The number of hydrogen-bond acceptors (Lipinski definition) is 3. The summed E-state index contributed by atoms with van der Waals surface area (Å²) in [6.45, 7) is 5.94. The summed E-state index contributed by atoms with van der Waals surface area (Å²) in [6.07, 6.45) is 2.07. The highest BCUT2D eigenvalue weighted by atomic mass is 19.1. The van der Waals surface area contributed by atoms with Gasteiger partial charge in [-0.25, -0.2) is 4.39 Å². The molecule has 1 aromatic carbocycles. The lowest BCUT2D eigenvalue weighted by Gasteiger charge is -2.31. The number of ether oxygens (including phenoxy) is 1. The maximum Gasteiger partial charge on any atom is 0.225 e. The second-order valence-corrected chi connectivity index (χ2v) is 7.35. The normalized spacial score (nSPS) is 28.3.